The number of thiazole rings is 1. The Morgan fingerprint density at radius 3 is 2.34 bits per heavy atom. The van der Waals surface area contributed by atoms with Gasteiger partial charge < -0.3 is 9.64 Å². The van der Waals surface area contributed by atoms with E-state index in [-0.39, 0.29) is 11.5 Å². The summed E-state index contributed by atoms with van der Waals surface area (Å²) in [6.07, 6.45) is 1.54. The van der Waals surface area contributed by atoms with Gasteiger partial charge in [-0.25, -0.2) is 4.98 Å². The maximum Gasteiger partial charge on any atom is 0.265 e. The number of aryl methyl sites for hydroxylation is 2. The zero-order valence-electron chi connectivity index (χ0n) is 21.8. The molecule has 3 heterocycles. The maximum absolute atomic E-state index is 14.2. The van der Waals surface area contributed by atoms with Crippen LogP contribution in [0.1, 0.15) is 41.0 Å². The lowest BCUT2D eigenvalue weighted by atomic mass is 10.0. The molecule has 0 radical (unpaired) electrons. The van der Waals surface area contributed by atoms with Crippen LogP contribution in [0, 0.1) is 6.92 Å². The first-order valence-electron chi connectivity index (χ1n) is 12.9. The summed E-state index contributed by atoms with van der Waals surface area (Å²) in [7, 11) is 0. The van der Waals surface area contributed by atoms with Gasteiger partial charge in [-0.1, -0.05) is 55.8 Å². The van der Waals surface area contributed by atoms with Crippen molar-refractivity contribution in [3.8, 4) is 27.5 Å². The number of para-hydroxylation sites is 1. The first-order chi connectivity index (χ1) is 18.4. The molecule has 6 nitrogen and oxygen atoms in total. The highest BCUT2D eigenvalue weighted by Crippen LogP contribution is 2.31. The van der Waals surface area contributed by atoms with Gasteiger partial charge in [-0.15, -0.1) is 11.3 Å². The number of nitrogens with zero attached hydrogens (tertiary/aromatic N) is 3. The normalized spacial score (nSPS) is 13.6. The van der Waals surface area contributed by atoms with Gasteiger partial charge in [0.05, 0.1) is 35.7 Å². The first kappa shape index (κ1) is 26.4. The Hall–Kier alpha value is -3.26. The number of carbonyl (C=O) groups is 1. The number of aromatic nitrogens is 2. The molecule has 0 spiro atoms. The number of hydrogen-bond acceptors (Lipinski definition) is 5. The summed E-state index contributed by atoms with van der Waals surface area (Å²) >= 11 is 7.47. The van der Waals surface area contributed by atoms with E-state index in [0.29, 0.717) is 53.2 Å². The van der Waals surface area contributed by atoms with E-state index in [1.807, 2.05) is 42.6 Å². The van der Waals surface area contributed by atoms with Crippen LogP contribution in [0.4, 0.5) is 0 Å². The summed E-state index contributed by atoms with van der Waals surface area (Å²) in [5.41, 5.74) is 6.08. The Bertz CT molecular complexity index is 1510. The molecule has 0 bridgehead atoms. The van der Waals surface area contributed by atoms with Gasteiger partial charge >= 0.3 is 0 Å². The molecular formula is C30H30ClN3O3S. The number of halogens is 1. The summed E-state index contributed by atoms with van der Waals surface area (Å²) in [5, 5.41) is 3.17. The SMILES string of the molecule is CCc1cccc(CC)c1-n1c(C)c(C(=O)N2CCOCC2)cc(-c2nc(-c3ccc(Cl)cc3)cs2)c1=O. The third-order valence-corrected chi connectivity index (χ3v) is 8.17. The summed E-state index contributed by atoms with van der Waals surface area (Å²) in [5.74, 6) is -0.0951. The molecule has 1 aliphatic heterocycles. The molecule has 1 saturated heterocycles. The average molecular weight is 548 g/mol. The number of hydrogen-bond donors (Lipinski definition) is 0. The van der Waals surface area contributed by atoms with Crippen LogP contribution < -0.4 is 5.56 Å². The fourth-order valence-electron chi connectivity index (χ4n) is 4.93. The van der Waals surface area contributed by atoms with Gasteiger partial charge in [0.2, 0.25) is 0 Å². The summed E-state index contributed by atoms with van der Waals surface area (Å²) in [4.78, 5) is 34.7. The van der Waals surface area contributed by atoms with Gasteiger partial charge in [-0.05, 0) is 49.1 Å². The second-order valence-corrected chi connectivity index (χ2v) is 10.6. The molecule has 4 aromatic rings. The number of amides is 1. The third kappa shape index (κ3) is 4.94. The van der Waals surface area contributed by atoms with Crippen LogP contribution in [0.25, 0.3) is 27.5 Å². The third-order valence-electron chi connectivity index (χ3n) is 7.04. The molecule has 5 rings (SSSR count). The molecule has 0 saturated carbocycles. The fraction of sp³-hybridized carbons (Fsp3) is 0.300. The predicted octanol–water partition coefficient (Wildman–Crippen LogP) is 6.19. The minimum absolute atomic E-state index is 0.0951. The van der Waals surface area contributed by atoms with Crippen molar-refractivity contribution in [3.05, 3.63) is 91.7 Å². The van der Waals surface area contributed by atoms with Crippen LogP contribution in [0.15, 0.2) is 58.7 Å². The second kappa shape index (κ2) is 11.2. The van der Waals surface area contributed by atoms with Crippen LogP contribution in [0.5, 0.6) is 0 Å². The first-order valence-corrected chi connectivity index (χ1v) is 14.1. The lowest BCUT2D eigenvalue weighted by Crippen LogP contribution is -2.41. The lowest BCUT2D eigenvalue weighted by Gasteiger charge is -2.28. The van der Waals surface area contributed by atoms with Crippen molar-refractivity contribution in [1.29, 1.82) is 0 Å². The molecule has 196 valence electrons. The molecule has 0 atom stereocenters. The van der Waals surface area contributed by atoms with Gasteiger partial charge in [0.15, 0.2) is 0 Å². The second-order valence-electron chi connectivity index (χ2n) is 9.28. The van der Waals surface area contributed by atoms with Crippen molar-refractivity contribution in [3.63, 3.8) is 0 Å². The largest absolute Gasteiger partial charge is 0.378 e. The van der Waals surface area contributed by atoms with Crippen molar-refractivity contribution in [1.82, 2.24) is 14.5 Å². The Labute approximate surface area is 231 Å². The topological polar surface area (TPSA) is 64.4 Å². The van der Waals surface area contributed by atoms with E-state index in [1.54, 1.807) is 15.5 Å². The van der Waals surface area contributed by atoms with Crippen molar-refractivity contribution < 1.29 is 9.53 Å². The van der Waals surface area contributed by atoms with Gasteiger partial charge in [-0.2, -0.15) is 0 Å². The number of carbonyl (C=O) groups excluding carboxylic acids is 1. The minimum atomic E-state index is -0.173. The van der Waals surface area contributed by atoms with Crippen LogP contribution in [0.2, 0.25) is 5.02 Å². The maximum atomic E-state index is 14.2. The van der Waals surface area contributed by atoms with E-state index < -0.39 is 0 Å². The monoisotopic (exact) mass is 547 g/mol. The van der Waals surface area contributed by atoms with Gasteiger partial charge in [-0.3, -0.25) is 14.2 Å². The molecule has 2 aromatic carbocycles. The number of morpholine rings is 1. The smallest absolute Gasteiger partial charge is 0.265 e. The Balaban J connectivity index is 1.73. The Morgan fingerprint density at radius 2 is 1.71 bits per heavy atom. The zero-order chi connectivity index (χ0) is 26.8. The van der Waals surface area contributed by atoms with Gasteiger partial charge in [0.25, 0.3) is 11.5 Å². The molecule has 1 amide bonds. The molecule has 1 fully saturated rings. The van der Waals surface area contributed by atoms with Crippen molar-refractivity contribution in [2.75, 3.05) is 26.3 Å². The van der Waals surface area contributed by atoms with Crippen molar-refractivity contribution in [2.24, 2.45) is 0 Å². The van der Waals surface area contributed by atoms with Gasteiger partial charge in [0, 0.05) is 34.7 Å². The standard InChI is InChI=1S/C30H30ClN3O3S/c1-4-20-7-6-8-21(5-2)27(20)34-19(3)24(29(35)33-13-15-37-16-14-33)17-25(30(34)36)28-32-26(18-38-28)22-9-11-23(31)12-10-22/h6-12,17-18H,4-5,13-16H2,1-3H3. The number of ether oxygens (including phenoxy) is 1. The fourth-order valence-corrected chi connectivity index (χ4v) is 5.89. The van der Waals surface area contributed by atoms with E-state index in [4.69, 9.17) is 21.3 Å². The molecule has 0 aliphatic carbocycles. The van der Waals surface area contributed by atoms with Crippen LogP contribution >= 0.6 is 22.9 Å². The summed E-state index contributed by atoms with van der Waals surface area (Å²) < 4.78 is 7.21. The number of rotatable bonds is 6. The Kier molecular flexibility index (Phi) is 7.79. The van der Waals surface area contributed by atoms with Crippen LogP contribution in [-0.2, 0) is 17.6 Å². The average Bonchev–Trinajstić information content (AvgIpc) is 3.43. The highest BCUT2D eigenvalue weighted by Gasteiger charge is 2.26. The van der Waals surface area contributed by atoms with Crippen LogP contribution in [0.3, 0.4) is 0 Å². The van der Waals surface area contributed by atoms with E-state index in [2.05, 4.69) is 26.0 Å². The predicted molar refractivity (Wildman–Crippen MR) is 154 cm³/mol. The zero-order valence-corrected chi connectivity index (χ0v) is 23.4. The van der Waals surface area contributed by atoms with Crippen molar-refractivity contribution >= 4 is 28.8 Å². The van der Waals surface area contributed by atoms with E-state index >= 15 is 0 Å². The highest BCUT2D eigenvalue weighted by molar-refractivity contribution is 7.13. The Morgan fingerprint density at radius 1 is 1.05 bits per heavy atom. The summed E-state index contributed by atoms with van der Waals surface area (Å²) in [6, 6.07) is 15.3. The minimum Gasteiger partial charge on any atom is -0.378 e. The molecule has 2 aromatic heterocycles. The summed E-state index contributed by atoms with van der Waals surface area (Å²) in [6.45, 7) is 8.10. The number of benzene rings is 2. The van der Waals surface area contributed by atoms with Crippen molar-refractivity contribution in [2.45, 2.75) is 33.6 Å². The van der Waals surface area contributed by atoms with Crippen LogP contribution in [-0.4, -0.2) is 46.7 Å². The lowest BCUT2D eigenvalue weighted by molar-refractivity contribution is 0.0302. The van der Waals surface area contributed by atoms with Gasteiger partial charge in [0.1, 0.15) is 5.01 Å². The molecule has 8 heteroatoms. The molecular weight excluding hydrogens is 518 g/mol. The molecule has 0 unspecified atom stereocenters. The van der Waals surface area contributed by atoms with E-state index in [1.165, 1.54) is 11.3 Å². The molecule has 1 aliphatic rings. The van der Waals surface area contributed by atoms with E-state index in [9.17, 15) is 9.59 Å². The number of pyridine rings is 1. The van der Waals surface area contributed by atoms with E-state index in [0.717, 1.165) is 40.9 Å². The quantitative estimate of drug-likeness (QED) is 0.289. The molecule has 0 N–H and O–H groups in total. The molecule has 38 heavy (non-hydrogen) atoms. The highest BCUT2D eigenvalue weighted by atomic mass is 35.5.